The number of H-pyrrole nitrogens is 1. The third kappa shape index (κ3) is 4.64. The van der Waals surface area contributed by atoms with Crippen LogP contribution in [0.25, 0.3) is 22.7 Å². The first-order valence-electron chi connectivity index (χ1n) is 9.31. The van der Waals surface area contributed by atoms with Gasteiger partial charge in [0.15, 0.2) is 10.9 Å². The van der Waals surface area contributed by atoms with Crippen LogP contribution in [0.15, 0.2) is 52.4 Å². The Morgan fingerprint density at radius 2 is 2.00 bits per heavy atom. The largest absolute Gasteiger partial charge is 0.497 e. The number of nitrogens with zero attached hydrogens (tertiary/aromatic N) is 2. The Labute approximate surface area is 181 Å². The van der Waals surface area contributed by atoms with Gasteiger partial charge in [-0.05, 0) is 36.4 Å². The second-order valence-electron chi connectivity index (χ2n) is 6.55. The molecule has 3 N–H and O–H groups in total. The Balaban J connectivity index is 1.46. The van der Waals surface area contributed by atoms with E-state index in [4.69, 9.17) is 9.15 Å². The van der Waals surface area contributed by atoms with E-state index in [0.717, 1.165) is 11.3 Å². The lowest BCUT2D eigenvalue weighted by atomic mass is 10.1. The lowest BCUT2D eigenvalue weighted by molar-refractivity contribution is -0.119. The summed E-state index contributed by atoms with van der Waals surface area (Å²) in [4.78, 5) is 28.2. The Kier molecular flexibility index (Phi) is 5.80. The molecule has 0 saturated carbocycles. The number of aromatic amines is 1. The van der Waals surface area contributed by atoms with Crippen LogP contribution in [0.2, 0.25) is 0 Å². The fourth-order valence-electron chi connectivity index (χ4n) is 2.87. The normalized spacial score (nSPS) is 10.6. The molecule has 0 saturated heterocycles. The van der Waals surface area contributed by atoms with Crippen molar-refractivity contribution >= 4 is 28.3 Å². The van der Waals surface area contributed by atoms with Crippen LogP contribution in [0.4, 0.5) is 5.13 Å². The highest BCUT2D eigenvalue weighted by Gasteiger charge is 2.18. The summed E-state index contributed by atoms with van der Waals surface area (Å²) >= 11 is 1.28. The summed E-state index contributed by atoms with van der Waals surface area (Å²) in [5.74, 6) is 1.43. The van der Waals surface area contributed by atoms with Gasteiger partial charge in [0.05, 0.1) is 31.1 Å². The van der Waals surface area contributed by atoms with E-state index in [-0.39, 0.29) is 11.8 Å². The second kappa shape index (κ2) is 8.84. The number of amides is 2. The van der Waals surface area contributed by atoms with Crippen LogP contribution in [0.3, 0.4) is 0 Å². The Hall–Kier alpha value is -3.92. The van der Waals surface area contributed by atoms with Gasteiger partial charge in [-0.25, -0.2) is 4.98 Å². The SMILES string of the molecule is COc1ccc(-c2[nH]ncc2C(=O)Nc2nc(-c3ccc(CNC(C)=O)o3)cs2)cc1. The van der Waals surface area contributed by atoms with Crippen LogP contribution in [0, 0.1) is 0 Å². The molecule has 0 unspecified atom stereocenters. The van der Waals surface area contributed by atoms with Gasteiger partial charge in [0, 0.05) is 17.9 Å². The quantitative estimate of drug-likeness (QED) is 0.405. The molecular formula is C21H19N5O4S. The van der Waals surface area contributed by atoms with Crippen molar-refractivity contribution in [1.29, 1.82) is 0 Å². The van der Waals surface area contributed by atoms with E-state index in [0.29, 0.717) is 40.1 Å². The molecule has 0 bridgehead atoms. The lowest BCUT2D eigenvalue weighted by Gasteiger charge is -2.05. The number of thiazole rings is 1. The molecule has 2 amide bonds. The second-order valence-corrected chi connectivity index (χ2v) is 7.41. The van der Waals surface area contributed by atoms with E-state index in [1.165, 1.54) is 24.5 Å². The molecule has 1 aromatic carbocycles. The summed E-state index contributed by atoms with van der Waals surface area (Å²) in [6.45, 7) is 1.75. The van der Waals surface area contributed by atoms with Crippen LogP contribution in [0.1, 0.15) is 23.0 Å². The van der Waals surface area contributed by atoms with Gasteiger partial charge in [-0.2, -0.15) is 5.10 Å². The average Bonchev–Trinajstić information content (AvgIpc) is 3.52. The summed E-state index contributed by atoms with van der Waals surface area (Å²) in [5, 5.41) is 14.6. The molecule has 4 aromatic rings. The van der Waals surface area contributed by atoms with Gasteiger partial charge >= 0.3 is 0 Å². The first-order valence-corrected chi connectivity index (χ1v) is 10.2. The molecule has 158 valence electrons. The Morgan fingerprint density at radius 3 is 2.74 bits per heavy atom. The highest BCUT2D eigenvalue weighted by molar-refractivity contribution is 7.14. The van der Waals surface area contributed by atoms with Crippen molar-refractivity contribution in [3.05, 3.63) is 59.3 Å². The van der Waals surface area contributed by atoms with E-state index >= 15 is 0 Å². The fourth-order valence-corrected chi connectivity index (χ4v) is 3.56. The van der Waals surface area contributed by atoms with E-state index in [1.807, 2.05) is 24.3 Å². The topological polar surface area (TPSA) is 122 Å². The van der Waals surface area contributed by atoms with Crippen LogP contribution in [0.5, 0.6) is 5.75 Å². The molecule has 0 radical (unpaired) electrons. The van der Waals surface area contributed by atoms with Crippen molar-refractivity contribution < 1.29 is 18.7 Å². The number of methoxy groups -OCH3 is 1. The maximum Gasteiger partial charge on any atom is 0.261 e. The minimum absolute atomic E-state index is 0.134. The number of furan rings is 1. The number of nitrogens with one attached hydrogen (secondary N) is 3. The van der Waals surface area contributed by atoms with Gasteiger partial charge in [-0.15, -0.1) is 11.3 Å². The van der Waals surface area contributed by atoms with Gasteiger partial charge in [-0.3, -0.25) is 20.0 Å². The first-order chi connectivity index (χ1) is 15.0. The summed E-state index contributed by atoms with van der Waals surface area (Å²) < 4.78 is 10.9. The van der Waals surface area contributed by atoms with Crippen molar-refractivity contribution in [2.45, 2.75) is 13.5 Å². The zero-order valence-electron chi connectivity index (χ0n) is 16.8. The Morgan fingerprint density at radius 1 is 1.19 bits per heavy atom. The van der Waals surface area contributed by atoms with Crippen molar-refractivity contribution in [2.75, 3.05) is 12.4 Å². The van der Waals surface area contributed by atoms with Gasteiger partial charge in [0.1, 0.15) is 17.2 Å². The van der Waals surface area contributed by atoms with E-state index in [2.05, 4.69) is 25.8 Å². The number of aromatic nitrogens is 3. The van der Waals surface area contributed by atoms with Gasteiger partial charge in [0.25, 0.3) is 5.91 Å². The molecular weight excluding hydrogens is 418 g/mol. The number of carbonyl (C=O) groups is 2. The predicted molar refractivity (Wildman–Crippen MR) is 116 cm³/mol. The van der Waals surface area contributed by atoms with Crippen LogP contribution in [-0.2, 0) is 11.3 Å². The number of benzene rings is 1. The van der Waals surface area contributed by atoms with Gasteiger partial charge in [-0.1, -0.05) is 0 Å². The van der Waals surface area contributed by atoms with Crippen LogP contribution in [-0.4, -0.2) is 34.1 Å². The molecule has 4 rings (SSSR count). The monoisotopic (exact) mass is 437 g/mol. The molecule has 10 heteroatoms. The number of anilines is 1. The fraction of sp³-hybridized carbons (Fsp3) is 0.143. The van der Waals surface area contributed by atoms with Crippen molar-refractivity contribution in [3.8, 4) is 28.5 Å². The summed E-state index contributed by atoms with van der Waals surface area (Å²) in [7, 11) is 1.60. The third-order valence-corrected chi connectivity index (χ3v) is 5.17. The van der Waals surface area contributed by atoms with Gasteiger partial charge in [0.2, 0.25) is 5.91 Å². The molecule has 31 heavy (non-hydrogen) atoms. The van der Waals surface area contributed by atoms with E-state index < -0.39 is 0 Å². The summed E-state index contributed by atoms with van der Waals surface area (Å²) in [6, 6.07) is 10.9. The van der Waals surface area contributed by atoms with Gasteiger partial charge < -0.3 is 14.5 Å². The maximum atomic E-state index is 12.8. The van der Waals surface area contributed by atoms with Crippen molar-refractivity contribution in [2.24, 2.45) is 0 Å². The third-order valence-electron chi connectivity index (χ3n) is 4.41. The number of ether oxygens (including phenoxy) is 1. The van der Waals surface area contributed by atoms with Crippen molar-refractivity contribution in [3.63, 3.8) is 0 Å². The minimum atomic E-state index is -0.328. The molecule has 0 fully saturated rings. The zero-order chi connectivity index (χ0) is 21.8. The van der Waals surface area contributed by atoms with Crippen LogP contribution < -0.4 is 15.4 Å². The number of carbonyl (C=O) groups excluding carboxylic acids is 2. The maximum absolute atomic E-state index is 12.8. The highest BCUT2D eigenvalue weighted by atomic mass is 32.1. The molecule has 0 spiro atoms. The molecule has 3 heterocycles. The van der Waals surface area contributed by atoms with Crippen molar-refractivity contribution in [1.82, 2.24) is 20.5 Å². The molecule has 0 aliphatic carbocycles. The smallest absolute Gasteiger partial charge is 0.261 e. The number of hydrogen-bond acceptors (Lipinski definition) is 7. The molecule has 0 atom stereocenters. The predicted octanol–water partition coefficient (Wildman–Crippen LogP) is 3.69. The summed E-state index contributed by atoms with van der Waals surface area (Å²) in [5.41, 5.74) is 2.41. The zero-order valence-corrected chi connectivity index (χ0v) is 17.6. The average molecular weight is 437 g/mol. The molecule has 9 nitrogen and oxygen atoms in total. The lowest BCUT2D eigenvalue weighted by Crippen LogP contribution is -2.18. The molecule has 3 aromatic heterocycles. The van der Waals surface area contributed by atoms with E-state index in [9.17, 15) is 9.59 Å². The number of rotatable bonds is 7. The standard InChI is InChI=1S/C21H19N5O4S/c1-12(27)22-9-15-7-8-18(30-15)17-11-31-21(24-17)25-20(28)16-10-23-26-19(16)13-3-5-14(29-2)6-4-13/h3-8,10-11H,9H2,1-2H3,(H,22,27)(H,23,26)(H,24,25,28). The molecule has 0 aliphatic rings. The van der Waals surface area contributed by atoms with Crippen LogP contribution >= 0.6 is 11.3 Å². The Bertz CT molecular complexity index is 1210. The molecule has 0 aliphatic heterocycles. The number of hydrogen-bond donors (Lipinski definition) is 3. The first kappa shape index (κ1) is 20.4. The summed E-state index contributed by atoms with van der Waals surface area (Å²) in [6.07, 6.45) is 1.48. The highest BCUT2D eigenvalue weighted by Crippen LogP contribution is 2.28. The van der Waals surface area contributed by atoms with E-state index in [1.54, 1.807) is 24.6 Å². The minimum Gasteiger partial charge on any atom is -0.497 e.